The molecule has 3 aromatic rings. The first-order valence-electron chi connectivity index (χ1n) is 7.75. The van der Waals surface area contributed by atoms with Crippen LogP contribution in [0.5, 0.6) is 5.75 Å². The molecule has 0 atom stereocenters. The third-order valence-corrected chi connectivity index (χ3v) is 4.94. The summed E-state index contributed by atoms with van der Waals surface area (Å²) in [5.74, 6) is 2.34. The van der Waals surface area contributed by atoms with Crippen molar-refractivity contribution in [2.75, 3.05) is 12.9 Å². The minimum Gasteiger partial charge on any atom is -0.496 e. The van der Waals surface area contributed by atoms with Crippen LogP contribution in [0.3, 0.4) is 0 Å². The van der Waals surface area contributed by atoms with Crippen LogP contribution in [0, 0.1) is 13.8 Å². The molecular formula is C18H19N3O3S. The summed E-state index contributed by atoms with van der Waals surface area (Å²) < 4.78 is 12.5. The molecule has 0 aliphatic heterocycles. The van der Waals surface area contributed by atoms with Crippen molar-refractivity contribution in [1.29, 1.82) is 0 Å². The van der Waals surface area contributed by atoms with Crippen LogP contribution in [0.2, 0.25) is 0 Å². The highest BCUT2D eigenvalue weighted by molar-refractivity contribution is 7.99. The minimum atomic E-state index is -0.00501. The molecule has 0 aliphatic carbocycles. The summed E-state index contributed by atoms with van der Waals surface area (Å²) in [5.41, 5.74) is 2.50. The van der Waals surface area contributed by atoms with Crippen molar-refractivity contribution in [3.8, 4) is 17.1 Å². The Balaban J connectivity index is 1.77. The third-order valence-electron chi connectivity index (χ3n) is 3.92. The number of Topliss-reactive ketones (excluding diaryl/α,β-unsaturated/α-hetero) is 1. The number of nitrogens with zero attached hydrogens (tertiary/aromatic N) is 3. The average molecular weight is 357 g/mol. The summed E-state index contributed by atoms with van der Waals surface area (Å²) in [5, 5.41) is 9.08. The second kappa shape index (κ2) is 7.14. The van der Waals surface area contributed by atoms with Gasteiger partial charge in [0.05, 0.1) is 30.3 Å². The van der Waals surface area contributed by atoms with Gasteiger partial charge in [-0.05, 0) is 32.0 Å². The lowest BCUT2D eigenvalue weighted by Gasteiger charge is -2.08. The summed E-state index contributed by atoms with van der Waals surface area (Å²) in [7, 11) is 3.44. The fraction of sp³-hybridized carbons (Fsp3) is 0.278. The van der Waals surface area contributed by atoms with E-state index < -0.39 is 0 Å². The Bertz CT molecular complexity index is 914. The number of aromatic nitrogens is 3. The predicted octanol–water partition coefficient (Wildman–Crippen LogP) is 3.68. The van der Waals surface area contributed by atoms with Gasteiger partial charge in [0.1, 0.15) is 11.5 Å². The fourth-order valence-corrected chi connectivity index (χ4v) is 3.33. The van der Waals surface area contributed by atoms with Crippen molar-refractivity contribution in [3.05, 3.63) is 47.4 Å². The quantitative estimate of drug-likeness (QED) is 0.495. The molecule has 0 fully saturated rings. The Hall–Kier alpha value is -2.54. The third kappa shape index (κ3) is 3.46. The Labute approximate surface area is 150 Å². The van der Waals surface area contributed by atoms with Crippen molar-refractivity contribution >= 4 is 17.5 Å². The molecule has 0 saturated heterocycles. The summed E-state index contributed by atoms with van der Waals surface area (Å²) in [6, 6.07) is 7.44. The lowest BCUT2D eigenvalue weighted by atomic mass is 10.1. The molecule has 0 aliphatic rings. The molecule has 0 amide bonds. The zero-order valence-electron chi connectivity index (χ0n) is 14.6. The molecular weight excluding hydrogens is 338 g/mol. The van der Waals surface area contributed by atoms with Gasteiger partial charge in [0.2, 0.25) is 0 Å². The molecule has 0 bridgehead atoms. The number of rotatable bonds is 6. The number of methoxy groups -OCH3 is 1. The smallest absolute Gasteiger partial charge is 0.191 e. The largest absolute Gasteiger partial charge is 0.496 e. The Morgan fingerprint density at radius 3 is 2.76 bits per heavy atom. The molecule has 3 rings (SSSR count). The highest BCUT2D eigenvalue weighted by Crippen LogP contribution is 2.27. The lowest BCUT2D eigenvalue weighted by molar-refractivity contribution is 0.101. The van der Waals surface area contributed by atoms with E-state index in [4.69, 9.17) is 9.15 Å². The van der Waals surface area contributed by atoms with Crippen molar-refractivity contribution in [2.24, 2.45) is 7.05 Å². The van der Waals surface area contributed by atoms with Gasteiger partial charge < -0.3 is 13.7 Å². The molecule has 2 heterocycles. The van der Waals surface area contributed by atoms with Gasteiger partial charge in [0, 0.05) is 7.05 Å². The van der Waals surface area contributed by atoms with Gasteiger partial charge in [-0.3, -0.25) is 4.79 Å². The number of hydrogen-bond donors (Lipinski definition) is 0. The van der Waals surface area contributed by atoms with E-state index >= 15 is 0 Å². The molecule has 0 radical (unpaired) electrons. The first kappa shape index (κ1) is 17.3. The second-order valence-corrected chi connectivity index (χ2v) is 6.61. The van der Waals surface area contributed by atoms with Gasteiger partial charge in [-0.25, -0.2) is 0 Å². The molecule has 0 saturated carbocycles. The number of ether oxygens (including phenoxy) is 1. The van der Waals surface area contributed by atoms with Crippen molar-refractivity contribution in [1.82, 2.24) is 14.8 Å². The SMILES string of the molecule is COc1ccc(C)cc1C(=O)CSc1nnc(-c2ccoc2C)n1C. The van der Waals surface area contributed by atoms with Crippen molar-refractivity contribution in [2.45, 2.75) is 19.0 Å². The number of carbonyl (C=O) groups excluding carboxylic acids is 1. The number of thioether (sulfide) groups is 1. The number of carbonyl (C=O) groups is 1. The first-order chi connectivity index (χ1) is 12.0. The van der Waals surface area contributed by atoms with Crippen LogP contribution in [0.15, 0.2) is 40.1 Å². The summed E-state index contributed by atoms with van der Waals surface area (Å²) in [6.07, 6.45) is 1.62. The zero-order valence-corrected chi connectivity index (χ0v) is 15.4. The maximum Gasteiger partial charge on any atom is 0.191 e. The molecule has 1 aromatic carbocycles. The van der Waals surface area contributed by atoms with E-state index in [0.717, 1.165) is 16.9 Å². The normalized spacial score (nSPS) is 10.9. The van der Waals surface area contributed by atoms with Crippen LogP contribution < -0.4 is 4.74 Å². The summed E-state index contributed by atoms with van der Waals surface area (Å²) in [6.45, 7) is 3.83. The number of furan rings is 1. The van der Waals surface area contributed by atoms with Gasteiger partial charge in [-0.15, -0.1) is 10.2 Å². The van der Waals surface area contributed by atoms with Gasteiger partial charge in [0.15, 0.2) is 16.8 Å². The van der Waals surface area contributed by atoms with E-state index in [0.29, 0.717) is 22.3 Å². The van der Waals surface area contributed by atoms with Gasteiger partial charge in [-0.1, -0.05) is 23.4 Å². The van der Waals surface area contributed by atoms with Crippen molar-refractivity contribution < 1.29 is 13.9 Å². The maximum absolute atomic E-state index is 12.6. The number of hydrogen-bond acceptors (Lipinski definition) is 6. The lowest BCUT2D eigenvalue weighted by Crippen LogP contribution is -2.06. The van der Waals surface area contributed by atoms with Gasteiger partial charge in [0.25, 0.3) is 0 Å². The second-order valence-electron chi connectivity index (χ2n) is 5.67. The predicted molar refractivity (Wildman–Crippen MR) is 96.2 cm³/mol. The van der Waals surface area contributed by atoms with Crippen LogP contribution in [0.4, 0.5) is 0 Å². The molecule has 6 nitrogen and oxygen atoms in total. The van der Waals surface area contributed by atoms with E-state index in [1.165, 1.54) is 11.8 Å². The monoisotopic (exact) mass is 357 g/mol. The molecule has 130 valence electrons. The molecule has 25 heavy (non-hydrogen) atoms. The topological polar surface area (TPSA) is 70.2 Å². The summed E-state index contributed by atoms with van der Waals surface area (Å²) >= 11 is 1.35. The standard InChI is InChI=1S/C18H19N3O3S/c1-11-5-6-16(23-4)14(9-11)15(22)10-25-18-20-19-17(21(18)3)13-7-8-24-12(13)2/h5-9H,10H2,1-4H3. The average Bonchev–Trinajstić information content (AvgIpc) is 3.18. The maximum atomic E-state index is 12.6. The molecule has 0 unspecified atom stereocenters. The number of aryl methyl sites for hydroxylation is 2. The number of ketones is 1. The highest BCUT2D eigenvalue weighted by Gasteiger charge is 2.18. The highest BCUT2D eigenvalue weighted by atomic mass is 32.2. The van der Waals surface area contributed by atoms with E-state index in [-0.39, 0.29) is 11.5 Å². The van der Waals surface area contributed by atoms with E-state index in [2.05, 4.69) is 10.2 Å². The Morgan fingerprint density at radius 1 is 1.28 bits per heavy atom. The zero-order chi connectivity index (χ0) is 18.0. The van der Waals surface area contributed by atoms with Crippen LogP contribution >= 0.6 is 11.8 Å². The first-order valence-corrected chi connectivity index (χ1v) is 8.74. The van der Waals surface area contributed by atoms with Crippen LogP contribution in [-0.4, -0.2) is 33.4 Å². The molecule has 0 N–H and O–H groups in total. The van der Waals surface area contributed by atoms with Gasteiger partial charge >= 0.3 is 0 Å². The number of benzene rings is 1. The van der Waals surface area contributed by atoms with Crippen LogP contribution in [0.25, 0.3) is 11.4 Å². The van der Waals surface area contributed by atoms with Crippen LogP contribution in [0.1, 0.15) is 21.7 Å². The Morgan fingerprint density at radius 2 is 2.08 bits per heavy atom. The Kier molecular flexibility index (Phi) is 4.94. The fourth-order valence-electron chi connectivity index (χ4n) is 2.54. The molecule has 7 heteroatoms. The van der Waals surface area contributed by atoms with Crippen molar-refractivity contribution in [3.63, 3.8) is 0 Å². The van der Waals surface area contributed by atoms with E-state index in [1.807, 2.05) is 49.7 Å². The van der Waals surface area contributed by atoms with Crippen LogP contribution in [-0.2, 0) is 7.05 Å². The molecule has 2 aromatic heterocycles. The minimum absolute atomic E-state index is 0.00501. The summed E-state index contributed by atoms with van der Waals surface area (Å²) in [4.78, 5) is 12.6. The van der Waals surface area contributed by atoms with E-state index in [1.54, 1.807) is 13.4 Å². The van der Waals surface area contributed by atoms with Gasteiger partial charge in [-0.2, -0.15) is 0 Å². The van der Waals surface area contributed by atoms with E-state index in [9.17, 15) is 4.79 Å². The molecule has 0 spiro atoms.